The van der Waals surface area contributed by atoms with Crippen molar-refractivity contribution in [1.29, 1.82) is 0 Å². The Morgan fingerprint density at radius 1 is 1.28 bits per heavy atom. The summed E-state index contributed by atoms with van der Waals surface area (Å²) in [4.78, 5) is 22.4. The number of aliphatic carboxylic acids is 1. The molecule has 1 saturated carbocycles. The zero-order valence-electron chi connectivity index (χ0n) is 15.1. The highest BCUT2D eigenvalue weighted by atomic mass is 16.4. The highest BCUT2D eigenvalue weighted by Crippen LogP contribution is 2.34. The van der Waals surface area contributed by atoms with Crippen LogP contribution in [0.4, 0.5) is 0 Å². The largest absolute Gasteiger partial charge is 0.481 e. The molecule has 3 N–H and O–H groups in total. The lowest BCUT2D eigenvalue weighted by atomic mass is 9.88. The molecule has 5 heteroatoms. The van der Waals surface area contributed by atoms with E-state index in [1.54, 1.807) is 12.2 Å². The van der Waals surface area contributed by atoms with Gasteiger partial charge in [-0.2, -0.15) is 0 Å². The van der Waals surface area contributed by atoms with Crippen LogP contribution in [0.2, 0.25) is 0 Å². The molecule has 4 atom stereocenters. The van der Waals surface area contributed by atoms with Crippen molar-refractivity contribution < 1.29 is 24.9 Å². The molecule has 0 heterocycles. The summed E-state index contributed by atoms with van der Waals surface area (Å²) in [6.07, 6.45) is 11.9. The fourth-order valence-electron chi connectivity index (χ4n) is 3.27. The number of carbonyl (C=O) groups is 2. The van der Waals surface area contributed by atoms with E-state index in [0.717, 1.165) is 25.7 Å². The summed E-state index contributed by atoms with van der Waals surface area (Å²) in [5.41, 5.74) is 0. The predicted molar refractivity (Wildman–Crippen MR) is 97.1 cm³/mol. The number of hydrogen-bond acceptors (Lipinski definition) is 4. The zero-order valence-corrected chi connectivity index (χ0v) is 15.1. The second kappa shape index (κ2) is 12.0. The minimum Gasteiger partial charge on any atom is -0.481 e. The Morgan fingerprint density at radius 3 is 2.72 bits per heavy atom. The standard InChI is InChI=1S/C20H32O5/c1-2-3-6-10-16-17(19(23)14-18(16)22)13-12-15(21)9-7-4-5-8-11-20(24)25/h4,7,12-13,15-17,19,21,23H,2-3,5-6,8-11,14H2,1H3,(H,24,25)/b7-4-,13-12+/t15-,16+,17+,19-/m1/s1. The number of unbranched alkanes of at least 4 members (excludes halogenated alkanes) is 3. The molecule has 25 heavy (non-hydrogen) atoms. The highest BCUT2D eigenvalue weighted by Gasteiger charge is 2.39. The average molecular weight is 352 g/mol. The third-order valence-corrected chi connectivity index (χ3v) is 4.71. The van der Waals surface area contributed by atoms with Gasteiger partial charge in [-0.1, -0.05) is 50.5 Å². The summed E-state index contributed by atoms with van der Waals surface area (Å²) in [6, 6.07) is 0. The molecule has 0 unspecified atom stereocenters. The van der Waals surface area contributed by atoms with Crippen molar-refractivity contribution in [2.45, 2.75) is 76.9 Å². The highest BCUT2D eigenvalue weighted by molar-refractivity contribution is 5.84. The monoisotopic (exact) mass is 352 g/mol. The first-order valence-electron chi connectivity index (χ1n) is 9.39. The summed E-state index contributed by atoms with van der Waals surface area (Å²) in [5, 5.41) is 28.7. The van der Waals surface area contributed by atoms with Gasteiger partial charge in [-0.3, -0.25) is 9.59 Å². The summed E-state index contributed by atoms with van der Waals surface area (Å²) >= 11 is 0. The van der Waals surface area contributed by atoms with Crippen molar-refractivity contribution in [3.8, 4) is 0 Å². The maximum atomic E-state index is 12.0. The fraction of sp³-hybridized carbons (Fsp3) is 0.700. The van der Waals surface area contributed by atoms with Crippen molar-refractivity contribution in [2.24, 2.45) is 11.8 Å². The van der Waals surface area contributed by atoms with Crippen molar-refractivity contribution in [1.82, 2.24) is 0 Å². The third-order valence-electron chi connectivity index (χ3n) is 4.71. The van der Waals surface area contributed by atoms with E-state index in [-0.39, 0.29) is 30.5 Å². The Labute approximate surface area is 150 Å². The number of carbonyl (C=O) groups excluding carboxylic acids is 1. The van der Waals surface area contributed by atoms with Crippen LogP contribution >= 0.6 is 0 Å². The van der Waals surface area contributed by atoms with Gasteiger partial charge < -0.3 is 15.3 Å². The summed E-state index contributed by atoms with van der Waals surface area (Å²) in [5.74, 6) is -0.990. The van der Waals surface area contributed by atoms with E-state index >= 15 is 0 Å². The van der Waals surface area contributed by atoms with Gasteiger partial charge in [0.25, 0.3) is 0 Å². The molecule has 0 aromatic heterocycles. The van der Waals surface area contributed by atoms with Crippen LogP contribution in [0.25, 0.3) is 0 Å². The second-order valence-corrected chi connectivity index (χ2v) is 6.86. The van der Waals surface area contributed by atoms with Gasteiger partial charge >= 0.3 is 5.97 Å². The summed E-state index contributed by atoms with van der Waals surface area (Å²) in [7, 11) is 0. The molecule has 0 radical (unpaired) electrons. The first-order valence-corrected chi connectivity index (χ1v) is 9.39. The Hall–Kier alpha value is -1.46. The molecule has 0 saturated heterocycles. The van der Waals surface area contributed by atoms with Crippen molar-refractivity contribution in [3.05, 3.63) is 24.3 Å². The predicted octanol–water partition coefficient (Wildman–Crippen LogP) is 3.25. The number of allylic oxidation sites excluding steroid dienone is 1. The Morgan fingerprint density at radius 2 is 2.04 bits per heavy atom. The van der Waals surface area contributed by atoms with Crippen LogP contribution in [0.1, 0.15) is 64.7 Å². The molecule has 0 bridgehead atoms. The molecule has 5 nitrogen and oxygen atoms in total. The molecule has 142 valence electrons. The van der Waals surface area contributed by atoms with E-state index in [0.29, 0.717) is 19.3 Å². The minimum atomic E-state index is -0.797. The molecule has 1 rings (SSSR count). The van der Waals surface area contributed by atoms with Crippen LogP contribution in [0.3, 0.4) is 0 Å². The van der Waals surface area contributed by atoms with Gasteiger partial charge in [0.15, 0.2) is 0 Å². The normalized spacial score (nSPS) is 25.2. The van der Waals surface area contributed by atoms with Crippen molar-refractivity contribution >= 4 is 11.8 Å². The van der Waals surface area contributed by atoms with Gasteiger partial charge in [0.05, 0.1) is 12.2 Å². The van der Waals surface area contributed by atoms with Gasteiger partial charge in [0.1, 0.15) is 5.78 Å². The van der Waals surface area contributed by atoms with E-state index in [1.807, 2.05) is 12.2 Å². The first kappa shape index (κ1) is 21.6. The second-order valence-electron chi connectivity index (χ2n) is 6.86. The summed E-state index contributed by atoms with van der Waals surface area (Å²) in [6.45, 7) is 2.12. The topological polar surface area (TPSA) is 94.8 Å². The molecular formula is C20H32O5. The average Bonchev–Trinajstić information content (AvgIpc) is 2.82. The van der Waals surface area contributed by atoms with Crippen LogP contribution < -0.4 is 0 Å². The molecule has 0 aromatic rings. The molecule has 0 amide bonds. The van der Waals surface area contributed by atoms with Gasteiger partial charge in [-0.15, -0.1) is 0 Å². The van der Waals surface area contributed by atoms with Crippen LogP contribution in [-0.2, 0) is 9.59 Å². The SMILES string of the molecule is CCCCC[C@@H]1C(=O)C[C@@H](O)[C@H]1/C=C/[C@H](O)C/C=C\CCCC(=O)O. The lowest BCUT2D eigenvalue weighted by Gasteiger charge is -2.17. The quantitative estimate of drug-likeness (QED) is 0.370. The molecule has 1 aliphatic rings. The Balaban J connectivity index is 2.41. The number of rotatable bonds is 12. The van der Waals surface area contributed by atoms with E-state index < -0.39 is 18.2 Å². The van der Waals surface area contributed by atoms with E-state index in [9.17, 15) is 19.8 Å². The number of carboxylic acids is 1. The Bertz CT molecular complexity index is 469. The van der Waals surface area contributed by atoms with E-state index in [2.05, 4.69) is 6.92 Å². The number of hydrogen-bond donors (Lipinski definition) is 3. The van der Waals surface area contributed by atoms with Gasteiger partial charge in [-0.25, -0.2) is 0 Å². The minimum absolute atomic E-state index is 0.128. The smallest absolute Gasteiger partial charge is 0.303 e. The summed E-state index contributed by atoms with van der Waals surface area (Å²) < 4.78 is 0. The van der Waals surface area contributed by atoms with Gasteiger partial charge in [0.2, 0.25) is 0 Å². The van der Waals surface area contributed by atoms with E-state index in [1.165, 1.54) is 0 Å². The maximum absolute atomic E-state index is 12.0. The van der Waals surface area contributed by atoms with E-state index in [4.69, 9.17) is 5.11 Å². The first-order chi connectivity index (χ1) is 12.0. The number of Topliss-reactive ketones (excluding diaryl/α,β-unsaturated/α-hetero) is 1. The van der Waals surface area contributed by atoms with Crippen LogP contribution in [0.15, 0.2) is 24.3 Å². The van der Waals surface area contributed by atoms with Crippen LogP contribution in [-0.4, -0.2) is 39.3 Å². The molecular weight excluding hydrogens is 320 g/mol. The lowest BCUT2D eigenvalue weighted by molar-refractivity contribution is -0.137. The van der Waals surface area contributed by atoms with Crippen LogP contribution in [0.5, 0.6) is 0 Å². The molecule has 1 fully saturated rings. The third kappa shape index (κ3) is 8.45. The Kier molecular flexibility index (Phi) is 10.3. The maximum Gasteiger partial charge on any atom is 0.303 e. The number of carboxylic acid groups (broad SMARTS) is 1. The zero-order chi connectivity index (χ0) is 18.7. The van der Waals surface area contributed by atoms with Crippen LogP contribution in [0, 0.1) is 11.8 Å². The molecule has 1 aliphatic carbocycles. The fourth-order valence-corrected chi connectivity index (χ4v) is 3.27. The van der Waals surface area contributed by atoms with Crippen molar-refractivity contribution in [3.63, 3.8) is 0 Å². The van der Waals surface area contributed by atoms with Gasteiger partial charge in [0, 0.05) is 24.7 Å². The molecule has 0 aliphatic heterocycles. The lowest BCUT2D eigenvalue weighted by Crippen LogP contribution is -2.19. The number of ketones is 1. The number of aliphatic hydroxyl groups is 2. The molecule has 0 aromatic carbocycles. The molecule has 0 spiro atoms. The van der Waals surface area contributed by atoms with Gasteiger partial charge in [-0.05, 0) is 25.7 Å². The number of aliphatic hydroxyl groups excluding tert-OH is 2. The van der Waals surface area contributed by atoms with Crippen molar-refractivity contribution in [2.75, 3.05) is 0 Å².